The summed E-state index contributed by atoms with van der Waals surface area (Å²) in [5.41, 5.74) is 0.877. The van der Waals surface area contributed by atoms with E-state index in [4.69, 9.17) is 14.6 Å². The molecule has 0 aromatic heterocycles. The fourth-order valence-electron chi connectivity index (χ4n) is 2.32. The van der Waals surface area contributed by atoms with Crippen LogP contribution >= 0.6 is 11.8 Å². The number of carboxylic acid groups (broad SMARTS) is 1. The summed E-state index contributed by atoms with van der Waals surface area (Å²) in [4.78, 5) is 24.0. The standard InChI is InChI=1S/C20H23NO5S/c1-13(15-4-6-16(7-5-15)25-12-19(22)23)21-20(24)14(2)26-17-8-10-18(27-3)11-9-17/h4-11,13-14H,12H2,1-3H3,(H,21,24)(H,22,23). The SMILES string of the molecule is CSc1ccc(OC(C)C(=O)NC(C)c2ccc(OCC(=O)O)cc2)cc1. The van der Waals surface area contributed by atoms with E-state index in [1.807, 2.05) is 37.4 Å². The van der Waals surface area contributed by atoms with Crippen molar-refractivity contribution >= 4 is 23.6 Å². The van der Waals surface area contributed by atoms with Crippen molar-refractivity contribution in [2.24, 2.45) is 0 Å². The van der Waals surface area contributed by atoms with E-state index in [0.717, 1.165) is 10.5 Å². The quantitative estimate of drug-likeness (QED) is 0.639. The lowest BCUT2D eigenvalue weighted by atomic mass is 10.1. The number of nitrogens with one attached hydrogen (secondary N) is 1. The maximum atomic E-state index is 12.4. The van der Waals surface area contributed by atoms with Crippen LogP contribution in [0.1, 0.15) is 25.5 Å². The molecular formula is C20H23NO5S. The Balaban J connectivity index is 1.88. The van der Waals surface area contributed by atoms with Gasteiger partial charge in [-0.25, -0.2) is 4.79 Å². The van der Waals surface area contributed by atoms with Gasteiger partial charge in [0.25, 0.3) is 5.91 Å². The van der Waals surface area contributed by atoms with Crippen LogP contribution in [-0.4, -0.2) is 35.9 Å². The molecule has 0 aliphatic carbocycles. The predicted molar refractivity (Wildman–Crippen MR) is 104 cm³/mol. The van der Waals surface area contributed by atoms with Crippen LogP contribution in [0.5, 0.6) is 11.5 Å². The van der Waals surface area contributed by atoms with E-state index in [0.29, 0.717) is 11.5 Å². The van der Waals surface area contributed by atoms with E-state index >= 15 is 0 Å². The summed E-state index contributed by atoms with van der Waals surface area (Å²) in [5.74, 6) is -0.146. The maximum Gasteiger partial charge on any atom is 0.341 e. The van der Waals surface area contributed by atoms with Crippen LogP contribution in [0.25, 0.3) is 0 Å². The number of carbonyl (C=O) groups is 2. The largest absolute Gasteiger partial charge is 0.482 e. The molecule has 2 N–H and O–H groups in total. The first-order valence-corrected chi connectivity index (χ1v) is 9.67. The molecular weight excluding hydrogens is 366 g/mol. The second-order valence-electron chi connectivity index (χ2n) is 5.92. The number of carboxylic acids is 1. The van der Waals surface area contributed by atoms with Crippen LogP contribution in [-0.2, 0) is 9.59 Å². The number of hydrogen-bond donors (Lipinski definition) is 2. The Bertz CT molecular complexity index is 761. The van der Waals surface area contributed by atoms with Gasteiger partial charge in [0.05, 0.1) is 6.04 Å². The third-order valence-corrected chi connectivity index (χ3v) is 4.59. The number of rotatable bonds is 9. The minimum absolute atomic E-state index is 0.220. The van der Waals surface area contributed by atoms with Gasteiger partial charge in [-0.15, -0.1) is 11.8 Å². The zero-order valence-electron chi connectivity index (χ0n) is 15.5. The van der Waals surface area contributed by atoms with Gasteiger partial charge in [-0.2, -0.15) is 0 Å². The van der Waals surface area contributed by atoms with E-state index < -0.39 is 18.7 Å². The Morgan fingerprint density at radius 2 is 1.63 bits per heavy atom. The van der Waals surface area contributed by atoms with Crippen molar-refractivity contribution in [1.82, 2.24) is 5.32 Å². The lowest BCUT2D eigenvalue weighted by molar-refractivity contribution is -0.139. The van der Waals surface area contributed by atoms with Crippen molar-refractivity contribution < 1.29 is 24.2 Å². The number of aliphatic carboxylic acids is 1. The third kappa shape index (κ3) is 6.53. The number of benzene rings is 2. The van der Waals surface area contributed by atoms with Crippen LogP contribution < -0.4 is 14.8 Å². The predicted octanol–water partition coefficient (Wildman–Crippen LogP) is 3.52. The molecule has 1 amide bonds. The van der Waals surface area contributed by atoms with E-state index in [-0.39, 0.29) is 11.9 Å². The van der Waals surface area contributed by atoms with Crippen molar-refractivity contribution in [2.45, 2.75) is 30.9 Å². The van der Waals surface area contributed by atoms with Gasteiger partial charge in [0.2, 0.25) is 0 Å². The molecule has 0 radical (unpaired) electrons. The molecule has 0 fully saturated rings. The average Bonchev–Trinajstić information content (AvgIpc) is 2.67. The van der Waals surface area contributed by atoms with E-state index in [1.165, 1.54) is 0 Å². The van der Waals surface area contributed by atoms with Gasteiger partial charge < -0.3 is 19.9 Å². The highest BCUT2D eigenvalue weighted by Gasteiger charge is 2.18. The topological polar surface area (TPSA) is 84.9 Å². The average molecular weight is 389 g/mol. The Morgan fingerprint density at radius 1 is 1.04 bits per heavy atom. The minimum Gasteiger partial charge on any atom is -0.482 e. The van der Waals surface area contributed by atoms with E-state index in [9.17, 15) is 9.59 Å². The first-order valence-electron chi connectivity index (χ1n) is 8.44. The highest BCUT2D eigenvalue weighted by atomic mass is 32.2. The summed E-state index contributed by atoms with van der Waals surface area (Å²) in [6, 6.07) is 14.3. The Hall–Kier alpha value is -2.67. The van der Waals surface area contributed by atoms with Crippen molar-refractivity contribution in [2.75, 3.05) is 12.9 Å². The number of hydrogen-bond acceptors (Lipinski definition) is 5. The lowest BCUT2D eigenvalue weighted by Gasteiger charge is -2.19. The van der Waals surface area contributed by atoms with Gasteiger partial charge in [-0.3, -0.25) is 4.79 Å². The summed E-state index contributed by atoms with van der Waals surface area (Å²) in [6.07, 6.45) is 1.36. The first-order chi connectivity index (χ1) is 12.9. The highest BCUT2D eigenvalue weighted by Crippen LogP contribution is 2.21. The van der Waals surface area contributed by atoms with Crippen LogP contribution in [0.4, 0.5) is 0 Å². The third-order valence-electron chi connectivity index (χ3n) is 3.84. The molecule has 0 heterocycles. The summed E-state index contributed by atoms with van der Waals surface area (Å²) in [5, 5.41) is 11.5. The lowest BCUT2D eigenvalue weighted by Crippen LogP contribution is -2.37. The Labute approximate surface area is 162 Å². The number of ether oxygens (including phenoxy) is 2. The molecule has 2 atom stereocenters. The van der Waals surface area contributed by atoms with Gasteiger partial charge in [0.15, 0.2) is 12.7 Å². The van der Waals surface area contributed by atoms with Crippen molar-refractivity contribution in [1.29, 1.82) is 0 Å². The van der Waals surface area contributed by atoms with Gasteiger partial charge in [0, 0.05) is 4.90 Å². The Morgan fingerprint density at radius 3 is 2.19 bits per heavy atom. The maximum absolute atomic E-state index is 12.4. The second-order valence-corrected chi connectivity index (χ2v) is 6.80. The number of amides is 1. The summed E-state index contributed by atoms with van der Waals surface area (Å²) in [7, 11) is 0. The first kappa shape index (κ1) is 20.6. The summed E-state index contributed by atoms with van der Waals surface area (Å²) >= 11 is 1.64. The monoisotopic (exact) mass is 389 g/mol. The minimum atomic E-state index is -1.03. The highest BCUT2D eigenvalue weighted by molar-refractivity contribution is 7.98. The zero-order valence-corrected chi connectivity index (χ0v) is 16.3. The molecule has 0 bridgehead atoms. The molecule has 0 saturated carbocycles. The molecule has 0 spiro atoms. The van der Waals surface area contributed by atoms with E-state index in [1.54, 1.807) is 43.0 Å². The Kier molecular flexibility index (Phi) is 7.55. The van der Waals surface area contributed by atoms with Gasteiger partial charge in [-0.1, -0.05) is 12.1 Å². The van der Waals surface area contributed by atoms with Crippen LogP contribution in [0, 0.1) is 0 Å². The molecule has 0 aliphatic heterocycles. The zero-order chi connectivity index (χ0) is 19.8. The smallest absolute Gasteiger partial charge is 0.341 e. The molecule has 7 heteroatoms. The van der Waals surface area contributed by atoms with Crippen LogP contribution in [0.15, 0.2) is 53.4 Å². The molecule has 2 rings (SSSR count). The van der Waals surface area contributed by atoms with Crippen LogP contribution in [0.3, 0.4) is 0 Å². The molecule has 0 aliphatic rings. The molecule has 2 unspecified atom stereocenters. The molecule has 144 valence electrons. The fourth-order valence-corrected chi connectivity index (χ4v) is 2.73. The van der Waals surface area contributed by atoms with Gasteiger partial charge >= 0.3 is 5.97 Å². The molecule has 6 nitrogen and oxygen atoms in total. The fraction of sp³-hybridized carbons (Fsp3) is 0.300. The molecule has 27 heavy (non-hydrogen) atoms. The van der Waals surface area contributed by atoms with Crippen molar-refractivity contribution in [3.8, 4) is 11.5 Å². The molecule has 0 saturated heterocycles. The normalized spacial score (nSPS) is 12.7. The molecule has 2 aromatic carbocycles. The number of carbonyl (C=O) groups excluding carboxylic acids is 1. The molecule has 2 aromatic rings. The van der Waals surface area contributed by atoms with Crippen LogP contribution in [0.2, 0.25) is 0 Å². The van der Waals surface area contributed by atoms with Crippen molar-refractivity contribution in [3.63, 3.8) is 0 Å². The summed E-state index contributed by atoms with van der Waals surface area (Å²) in [6.45, 7) is 3.18. The van der Waals surface area contributed by atoms with Crippen molar-refractivity contribution in [3.05, 3.63) is 54.1 Å². The van der Waals surface area contributed by atoms with Gasteiger partial charge in [-0.05, 0) is 62.1 Å². The second kappa shape index (κ2) is 9.87. The summed E-state index contributed by atoms with van der Waals surface area (Å²) < 4.78 is 10.8. The van der Waals surface area contributed by atoms with E-state index in [2.05, 4.69) is 5.32 Å². The van der Waals surface area contributed by atoms with Gasteiger partial charge in [0.1, 0.15) is 11.5 Å². The number of thioether (sulfide) groups is 1.